The molecule has 164 valence electrons. The molecule has 0 fully saturated rings. The minimum atomic E-state index is -0.471. The molecule has 3 rings (SSSR count). The van der Waals surface area contributed by atoms with Crippen LogP contribution < -0.4 is 4.74 Å². The van der Waals surface area contributed by atoms with Crippen LogP contribution in [0.1, 0.15) is 37.0 Å². The van der Waals surface area contributed by atoms with Crippen LogP contribution in [-0.2, 0) is 9.59 Å². The molecule has 0 bridgehead atoms. The minimum absolute atomic E-state index is 0.0215. The molecule has 0 N–H and O–H groups in total. The first-order chi connectivity index (χ1) is 15.8. The van der Waals surface area contributed by atoms with Crippen molar-refractivity contribution < 1.29 is 19.2 Å². The van der Waals surface area contributed by atoms with Gasteiger partial charge in [0.1, 0.15) is 11.3 Å². The number of allylic oxidation sites excluding steroid dienone is 3. The molecule has 33 heavy (non-hydrogen) atoms. The summed E-state index contributed by atoms with van der Waals surface area (Å²) in [6, 6.07) is 11.3. The molecule has 0 aliphatic heterocycles. The molecule has 0 amide bonds. The number of rotatable bonds is 3. The second-order valence-corrected chi connectivity index (χ2v) is 8.28. The fraction of sp³-hybridized carbons (Fsp3) is 0.154. The van der Waals surface area contributed by atoms with Gasteiger partial charge in [0.25, 0.3) is 5.69 Å². The van der Waals surface area contributed by atoms with Gasteiger partial charge in [0, 0.05) is 41.9 Å². The molecule has 0 spiro atoms. The standard InChI is InChI=1S/C26H19NO5S/c1-18(28)32-24-13-7-20(8-14-24)3-4-22-6-12-23(26(17-22)27(30)31)11-5-21-9-15-25(16-10-21)33-19(2)29/h6-9,12-17,21H,10H2,1-2H3. The molecule has 1 aliphatic rings. The van der Waals surface area contributed by atoms with Gasteiger partial charge in [-0.1, -0.05) is 53.7 Å². The van der Waals surface area contributed by atoms with E-state index in [9.17, 15) is 19.7 Å². The number of nitro benzene ring substituents is 1. The Kier molecular flexibility index (Phi) is 7.86. The third-order valence-electron chi connectivity index (χ3n) is 4.38. The first kappa shape index (κ1) is 23.6. The van der Waals surface area contributed by atoms with Gasteiger partial charge in [0.2, 0.25) is 0 Å². The second kappa shape index (κ2) is 11.0. The van der Waals surface area contributed by atoms with Crippen LogP contribution in [0.5, 0.6) is 5.75 Å². The predicted octanol–water partition coefficient (Wildman–Crippen LogP) is 5.01. The SMILES string of the molecule is CC(=O)Oc1ccc(C#Cc2ccc(C#CC3C=CC(SC(C)=O)=CC3)c([N+](=O)[O-])c2)cc1. The fourth-order valence-corrected chi connectivity index (χ4v) is 3.56. The zero-order chi connectivity index (χ0) is 23.8. The lowest BCUT2D eigenvalue weighted by atomic mass is 10.0. The largest absolute Gasteiger partial charge is 0.427 e. The highest BCUT2D eigenvalue weighted by molar-refractivity contribution is 8.17. The average Bonchev–Trinajstić information content (AvgIpc) is 2.77. The van der Waals surface area contributed by atoms with Crippen LogP contribution in [0.3, 0.4) is 0 Å². The predicted molar refractivity (Wildman–Crippen MR) is 127 cm³/mol. The van der Waals surface area contributed by atoms with E-state index in [0.29, 0.717) is 28.9 Å². The van der Waals surface area contributed by atoms with E-state index < -0.39 is 10.9 Å². The molecule has 0 saturated heterocycles. The van der Waals surface area contributed by atoms with Crippen molar-refractivity contribution >= 4 is 28.5 Å². The Labute approximate surface area is 195 Å². The highest BCUT2D eigenvalue weighted by atomic mass is 32.2. The molecular weight excluding hydrogens is 438 g/mol. The maximum absolute atomic E-state index is 11.6. The van der Waals surface area contributed by atoms with Crippen LogP contribution in [0.4, 0.5) is 5.69 Å². The molecule has 0 aromatic heterocycles. The summed E-state index contributed by atoms with van der Waals surface area (Å²) in [4.78, 5) is 34.1. The number of esters is 1. The van der Waals surface area contributed by atoms with Gasteiger partial charge in [-0.3, -0.25) is 19.7 Å². The zero-order valence-electron chi connectivity index (χ0n) is 18.0. The van der Waals surface area contributed by atoms with Crippen LogP contribution in [-0.4, -0.2) is 16.0 Å². The first-order valence-corrected chi connectivity index (χ1v) is 10.8. The Bertz CT molecular complexity index is 1280. The van der Waals surface area contributed by atoms with Gasteiger partial charge in [-0.2, -0.15) is 0 Å². The van der Waals surface area contributed by atoms with Gasteiger partial charge in [-0.25, -0.2) is 0 Å². The Morgan fingerprint density at radius 3 is 2.36 bits per heavy atom. The van der Waals surface area contributed by atoms with Crippen LogP contribution >= 0.6 is 11.8 Å². The number of hydrogen-bond donors (Lipinski definition) is 0. The summed E-state index contributed by atoms with van der Waals surface area (Å²) in [5.74, 6) is 11.7. The maximum atomic E-state index is 11.6. The second-order valence-electron chi connectivity index (χ2n) is 7.03. The molecule has 2 aromatic carbocycles. The van der Waals surface area contributed by atoms with Crippen molar-refractivity contribution in [2.45, 2.75) is 20.3 Å². The van der Waals surface area contributed by atoms with Crippen molar-refractivity contribution in [3.8, 4) is 29.4 Å². The number of benzene rings is 2. The van der Waals surface area contributed by atoms with Crippen molar-refractivity contribution in [2.24, 2.45) is 5.92 Å². The van der Waals surface area contributed by atoms with E-state index >= 15 is 0 Å². The van der Waals surface area contributed by atoms with E-state index in [1.165, 1.54) is 31.7 Å². The molecule has 0 heterocycles. The summed E-state index contributed by atoms with van der Waals surface area (Å²) in [5, 5.41) is 11.6. The lowest BCUT2D eigenvalue weighted by Crippen LogP contribution is -2.00. The topological polar surface area (TPSA) is 86.5 Å². The van der Waals surface area contributed by atoms with Crippen molar-refractivity contribution in [3.05, 3.63) is 92.4 Å². The molecule has 2 aromatic rings. The summed E-state index contributed by atoms with van der Waals surface area (Å²) in [7, 11) is 0. The van der Waals surface area contributed by atoms with E-state index in [0.717, 1.165) is 4.91 Å². The summed E-state index contributed by atoms with van der Waals surface area (Å²) in [6.07, 6.45) is 6.33. The van der Waals surface area contributed by atoms with Crippen LogP contribution in [0.2, 0.25) is 0 Å². The van der Waals surface area contributed by atoms with E-state index in [2.05, 4.69) is 23.7 Å². The van der Waals surface area contributed by atoms with E-state index in [1.807, 2.05) is 18.2 Å². The molecule has 0 saturated carbocycles. The lowest BCUT2D eigenvalue weighted by Gasteiger charge is -2.09. The average molecular weight is 458 g/mol. The molecule has 1 atom stereocenters. The summed E-state index contributed by atoms with van der Waals surface area (Å²) in [5.41, 5.74) is 1.37. The van der Waals surface area contributed by atoms with Crippen LogP contribution in [0.15, 0.2) is 65.6 Å². The van der Waals surface area contributed by atoms with E-state index in [1.54, 1.807) is 36.4 Å². The highest BCUT2D eigenvalue weighted by Gasteiger charge is 2.13. The van der Waals surface area contributed by atoms with Crippen molar-refractivity contribution in [3.63, 3.8) is 0 Å². The van der Waals surface area contributed by atoms with Gasteiger partial charge >= 0.3 is 5.97 Å². The first-order valence-electron chi connectivity index (χ1n) is 9.97. The van der Waals surface area contributed by atoms with Gasteiger partial charge in [-0.15, -0.1) is 0 Å². The van der Waals surface area contributed by atoms with Crippen molar-refractivity contribution in [1.29, 1.82) is 0 Å². The third kappa shape index (κ3) is 7.24. The molecule has 1 aliphatic carbocycles. The number of thioether (sulfide) groups is 1. The molecule has 0 radical (unpaired) electrons. The van der Waals surface area contributed by atoms with E-state index in [4.69, 9.17) is 4.74 Å². The summed E-state index contributed by atoms with van der Waals surface area (Å²) >= 11 is 1.17. The smallest absolute Gasteiger partial charge is 0.308 e. The molecule has 1 unspecified atom stereocenters. The Morgan fingerprint density at radius 2 is 1.76 bits per heavy atom. The fourth-order valence-electron chi connectivity index (χ4n) is 2.90. The molecular formula is C26H19NO5S. The van der Waals surface area contributed by atoms with E-state index in [-0.39, 0.29) is 16.7 Å². The highest BCUT2D eigenvalue weighted by Crippen LogP contribution is 2.25. The minimum Gasteiger partial charge on any atom is -0.427 e. The van der Waals surface area contributed by atoms with Crippen LogP contribution in [0.25, 0.3) is 0 Å². The Morgan fingerprint density at radius 1 is 1.06 bits per heavy atom. The Balaban J connectivity index is 1.75. The summed E-state index contributed by atoms with van der Waals surface area (Å²) in [6.45, 7) is 2.84. The quantitative estimate of drug-likeness (QED) is 0.212. The molecule has 7 heteroatoms. The number of ether oxygens (including phenoxy) is 1. The van der Waals surface area contributed by atoms with Gasteiger partial charge in [0.15, 0.2) is 5.12 Å². The van der Waals surface area contributed by atoms with Gasteiger partial charge in [0.05, 0.1) is 4.92 Å². The Hall–Kier alpha value is -4.07. The van der Waals surface area contributed by atoms with Gasteiger partial charge < -0.3 is 4.74 Å². The number of nitro groups is 1. The normalized spacial score (nSPS) is 14.1. The number of carbonyl (C=O) groups is 2. The summed E-state index contributed by atoms with van der Waals surface area (Å²) < 4.78 is 4.98. The maximum Gasteiger partial charge on any atom is 0.308 e. The van der Waals surface area contributed by atoms with Crippen LogP contribution in [0, 0.1) is 39.7 Å². The zero-order valence-corrected chi connectivity index (χ0v) is 18.8. The number of carbonyl (C=O) groups excluding carboxylic acids is 2. The number of hydrogen-bond acceptors (Lipinski definition) is 6. The third-order valence-corrected chi connectivity index (χ3v) is 5.21. The van der Waals surface area contributed by atoms with Gasteiger partial charge in [-0.05, 0) is 42.8 Å². The monoisotopic (exact) mass is 457 g/mol. The lowest BCUT2D eigenvalue weighted by molar-refractivity contribution is -0.385. The number of nitrogens with zero attached hydrogens (tertiary/aromatic N) is 1. The molecule has 6 nitrogen and oxygen atoms in total. The van der Waals surface area contributed by atoms with Crippen molar-refractivity contribution in [1.82, 2.24) is 0 Å². The van der Waals surface area contributed by atoms with Crippen molar-refractivity contribution in [2.75, 3.05) is 0 Å².